The predicted octanol–water partition coefficient (Wildman–Crippen LogP) is 1.27. The number of carboxylic acids is 1. The van der Waals surface area contributed by atoms with Crippen LogP contribution in [-0.2, 0) is 4.79 Å². The van der Waals surface area contributed by atoms with Gasteiger partial charge >= 0.3 is 5.97 Å². The highest BCUT2D eigenvalue weighted by atomic mass is 16.4. The first-order valence-electron chi connectivity index (χ1n) is 6.94. The van der Waals surface area contributed by atoms with E-state index in [0.29, 0.717) is 17.0 Å². The molecule has 20 heavy (non-hydrogen) atoms. The van der Waals surface area contributed by atoms with Crippen molar-refractivity contribution in [3.05, 3.63) is 29.3 Å². The van der Waals surface area contributed by atoms with Crippen LogP contribution in [0.5, 0.6) is 0 Å². The van der Waals surface area contributed by atoms with Gasteiger partial charge in [-0.15, -0.1) is 0 Å². The summed E-state index contributed by atoms with van der Waals surface area (Å²) in [6, 6.07) is 5.12. The Balaban J connectivity index is 1.88. The van der Waals surface area contributed by atoms with Gasteiger partial charge in [-0.25, -0.2) is 4.79 Å². The quantitative estimate of drug-likeness (QED) is 0.852. The molecule has 2 aliphatic rings. The van der Waals surface area contributed by atoms with Crippen LogP contribution in [0.4, 0.5) is 5.69 Å². The molecule has 2 fully saturated rings. The third kappa shape index (κ3) is 2.08. The molecule has 0 spiro atoms. The molecule has 0 unspecified atom stereocenters. The van der Waals surface area contributed by atoms with Crippen molar-refractivity contribution in [3.8, 4) is 0 Å². The van der Waals surface area contributed by atoms with E-state index in [1.165, 1.54) is 0 Å². The smallest absolute Gasteiger partial charge is 0.335 e. The van der Waals surface area contributed by atoms with Crippen LogP contribution in [0, 0.1) is 18.8 Å². The number of amides is 1. The molecule has 0 bridgehead atoms. The van der Waals surface area contributed by atoms with Crippen molar-refractivity contribution in [1.29, 1.82) is 0 Å². The van der Waals surface area contributed by atoms with Gasteiger partial charge in [-0.3, -0.25) is 4.79 Å². The Bertz CT molecular complexity index is 570. The Morgan fingerprint density at radius 1 is 1.45 bits per heavy atom. The van der Waals surface area contributed by atoms with Crippen LogP contribution < -0.4 is 10.2 Å². The number of hydrogen-bond acceptors (Lipinski definition) is 3. The summed E-state index contributed by atoms with van der Waals surface area (Å²) in [5.41, 5.74) is 1.79. The number of piperidine rings is 1. The zero-order valence-corrected chi connectivity index (χ0v) is 11.4. The number of anilines is 1. The summed E-state index contributed by atoms with van der Waals surface area (Å²) in [6.07, 6.45) is 0.895. The fourth-order valence-electron chi connectivity index (χ4n) is 3.25. The van der Waals surface area contributed by atoms with E-state index in [-0.39, 0.29) is 11.8 Å². The van der Waals surface area contributed by atoms with Crippen LogP contribution in [-0.4, -0.2) is 36.6 Å². The lowest BCUT2D eigenvalue weighted by atomic mass is 9.89. The van der Waals surface area contributed by atoms with E-state index < -0.39 is 5.97 Å². The maximum absolute atomic E-state index is 12.5. The summed E-state index contributed by atoms with van der Waals surface area (Å²) in [4.78, 5) is 25.3. The van der Waals surface area contributed by atoms with Crippen LogP contribution in [0.3, 0.4) is 0 Å². The molecule has 0 radical (unpaired) electrons. The first-order chi connectivity index (χ1) is 9.58. The topological polar surface area (TPSA) is 69.6 Å². The van der Waals surface area contributed by atoms with Crippen molar-refractivity contribution in [1.82, 2.24) is 5.32 Å². The zero-order chi connectivity index (χ0) is 14.3. The van der Waals surface area contributed by atoms with Gasteiger partial charge in [-0.1, -0.05) is 0 Å². The molecule has 1 amide bonds. The maximum atomic E-state index is 12.5. The Hall–Kier alpha value is -1.88. The van der Waals surface area contributed by atoms with Crippen molar-refractivity contribution in [2.45, 2.75) is 13.3 Å². The van der Waals surface area contributed by atoms with Gasteiger partial charge in [-0.2, -0.15) is 0 Å². The van der Waals surface area contributed by atoms with Crippen LogP contribution >= 0.6 is 0 Å². The summed E-state index contributed by atoms with van der Waals surface area (Å²) >= 11 is 0. The van der Waals surface area contributed by atoms with Crippen LogP contribution in [0.2, 0.25) is 0 Å². The Morgan fingerprint density at radius 3 is 2.90 bits per heavy atom. The van der Waals surface area contributed by atoms with Gasteiger partial charge in [0.2, 0.25) is 5.91 Å². The van der Waals surface area contributed by atoms with Gasteiger partial charge in [0.1, 0.15) is 0 Å². The van der Waals surface area contributed by atoms with Crippen molar-refractivity contribution in [3.63, 3.8) is 0 Å². The predicted molar refractivity (Wildman–Crippen MR) is 75.0 cm³/mol. The second kappa shape index (κ2) is 4.90. The van der Waals surface area contributed by atoms with Crippen molar-refractivity contribution in [2.24, 2.45) is 11.8 Å². The SMILES string of the molecule is Cc1cc(N2C[C@@H]3CNCC[C@@H]3C2=O)ccc1C(=O)O. The Morgan fingerprint density at radius 2 is 2.25 bits per heavy atom. The molecule has 2 atom stereocenters. The van der Waals surface area contributed by atoms with Gasteiger partial charge in [0.05, 0.1) is 5.56 Å². The molecule has 1 aromatic rings. The first kappa shape index (κ1) is 13.1. The standard InChI is InChI=1S/C15H18N2O3/c1-9-6-11(2-3-12(9)15(19)20)17-8-10-7-16-5-4-13(10)14(17)18/h2-3,6,10,13,16H,4-5,7-8H2,1H3,(H,19,20)/t10-,13-/m0/s1. The number of carbonyl (C=O) groups excluding carboxylic acids is 1. The molecule has 5 heteroatoms. The van der Waals surface area contributed by atoms with Crippen LogP contribution in [0.25, 0.3) is 0 Å². The number of rotatable bonds is 2. The largest absolute Gasteiger partial charge is 0.478 e. The van der Waals surface area contributed by atoms with E-state index >= 15 is 0 Å². The Kier molecular flexibility index (Phi) is 3.22. The molecule has 2 saturated heterocycles. The van der Waals surface area contributed by atoms with Gasteiger partial charge in [0.25, 0.3) is 0 Å². The Labute approximate surface area is 117 Å². The second-order valence-corrected chi connectivity index (χ2v) is 5.61. The van der Waals surface area contributed by atoms with E-state index in [1.807, 2.05) is 0 Å². The third-order valence-corrected chi connectivity index (χ3v) is 4.36. The average Bonchev–Trinajstić information content (AvgIpc) is 2.76. The zero-order valence-electron chi connectivity index (χ0n) is 11.4. The molecular formula is C15H18N2O3. The number of carboxylic acid groups (broad SMARTS) is 1. The molecule has 5 nitrogen and oxygen atoms in total. The second-order valence-electron chi connectivity index (χ2n) is 5.61. The molecule has 0 aliphatic carbocycles. The first-order valence-corrected chi connectivity index (χ1v) is 6.94. The van der Waals surface area contributed by atoms with Crippen LogP contribution in [0.1, 0.15) is 22.3 Å². The van der Waals surface area contributed by atoms with E-state index in [4.69, 9.17) is 5.11 Å². The normalized spacial score (nSPS) is 25.6. The summed E-state index contributed by atoms with van der Waals surface area (Å²) < 4.78 is 0. The lowest BCUT2D eigenvalue weighted by molar-refractivity contribution is -0.121. The molecule has 2 heterocycles. The highest BCUT2D eigenvalue weighted by Crippen LogP contribution is 2.33. The van der Waals surface area contributed by atoms with Crippen molar-refractivity contribution in [2.75, 3.05) is 24.5 Å². The van der Waals surface area contributed by atoms with Gasteiger partial charge in [0.15, 0.2) is 0 Å². The van der Waals surface area contributed by atoms with Gasteiger partial charge in [-0.05, 0) is 43.7 Å². The molecule has 0 aromatic heterocycles. The van der Waals surface area contributed by atoms with Gasteiger partial charge < -0.3 is 15.3 Å². The number of hydrogen-bond donors (Lipinski definition) is 2. The minimum Gasteiger partial charge on any atom is -0.478 e. The van der Waals surface area contributed by atoms with Crippen molar-refractivity contribution >= 4 is 17.6 Å². The molecule has 0 saturated carbocycles. The van der Waals surface area contributed by atoms with E-state index in [9.17, 15) is 9.59 Å². The summed E-state index contributed by atoms with van der Waals surface area (Å²) in [5, 5.41) is 12.4. The molecule has 2 aliphatic heterocycles. The minimum absolute atomic E-state index is 0.121. The summed E-state index contributed by atoms with van der Waals surface area (Å²) in [5.74, 6) is -0.259. The fraction of sp³-hybridized carbons (Fsp3) is 0.467. The van der Waals surface area contributed by atoms with Crippen molar-refractivity contribution < 1.29 is 14.7 Å². The van der Waals surface area contributed by atoms with E-state index in [0.717, 1.165) is 31.7 Å². The lowest BCUT2D eigenvalue weighted by Crippen LogP contribution is -2.36. The number of fused-ring (bicyclic) bond motifs is 1. The number of nitrogens with one attached hydrogen (secondary N) is 1. The third-order valence-electron chi connectivity index (χ3n) is 4.36. The van der Waals surface area contributed by atoms with Crippen LogP contribution in [0.15, 0.2) is 18.2 Å². The fourth-order valence-corrected chi connectivity index (χ4v) is 3.25. The molecule has 106 valence electrons. The van der Waals surface area contributed by atoms with Gasteiger partial charge in [0, 0.05) is 30.6 Å². The summed E-state index contributed by atoms with van der Waals surface area (Å²) in [7, 11) is 0. The monoisotopic (exact) mass is 274 g/mol. The van der Waals surface area contributed by atoms with E-state index in [1.54, 1.807) is 30.0 Å². The van der Waals surface area contributed by atoms with E-state index in [2.05, 4.69) is 5.32 Å². The number of carbonyl (C=O) groups is 2. The number of benzene rings is 1. The average molecular weight is 274 g/mol. The molecular weight excluding hydrogens is 256 g/mol. The summed E-state index contributed by atoms with van der Waals surface area (Å²) in [6.45, 7) is 4.28. The number of nitrogens with zero attached hydrogens (tertiary/aromatic N) is 1. The molecule has 3 rings (SSSR count). The number of aromatic carboxylic acids is 1. The maximum Gasteiger partial charge on any atom is 0.335 e. The highest BCUT2D eigenvalue weighted by molar-refractivity contribution is 5.98. The number of aryl methyl sites for hydroxylation is 1. The highest BCUT2D eigenvalue weighted by Gasteiger charge is 2.41. The minimum atomic E-state index is -0.931. The molecule has 2 N–H and O–H groups in total. The lowest BCUT2D eigenvalue weighted by Gasteiger charge is -2.22. The molecule has 1 aromatic carbocycles.